The third kappa shape index (κ3) is 3.24. The number of rotatable bonds is 4. The summed E-state index contributed by atoms with van der Waals surface area (Å²) in [6.45, 7) is 0. The van der Waals surface area contributed by atoms with E-state index in [1.54, 1.807) is 30.0 Å². The van der Waals surface area contributed by atoms with Crippen LogP contribution in [0.2, 0.25) is 0 Å². The zero-order valence-corrected chi connectivity index (χ0v) is 12.2. The number of hydrogen-bond acceptors (Lipinski definition) is 5. The van der Waals surface area contributed by atoms with Crippen LogP contribution in [0.5, 0.6) is 0 Å². The Balaban J connectivity index is 2.30. The fourth-order valence-electron chi connectivity index (χ4n) is 1.77. The van der Waals surface area contributed by atoms with E-state index in [0.29, 0.717) is 16.9 Å². The Hall–Kier alpha value is -2.14. The minimum atomic E-state index is -0.383. The number of carbonyl (C=O) groups is 1. The molecule has 0 bridgehead atoms. The first-order valence-corrected chi connectivity index (χ1v) is 7.25. The second-order valence-corrected chi connectivity index (χ2v) is 5.03. The maximum Gasteiger partial charge on any atom is 0.337 e. The Morgan fingerprint density at radius 1 is 1.25 bits per heavy atom. The van der Waals surface area contributed by atoms with Crippen LogP contribution in [0.3, 0.4) is 0 Å². The first-order valence-electron chi connectivity index (χ1n) is 6.03. The van der Waals surface area contributed by atoms with E-state index in [9.17, 15) is 4.79 Å². The predicted molar refractivity (Wildman–Crippen MR) is 83.7 cm³/mol. The molecule has 0 amide bonds. The second-order valence-electron chi connectivity index (χ2n) is 4.15. The van der Waals surface area contributed by atoms with Crippen molar-refractivity contribution < 1.29 is 9.53 Å². The van der Waals surface area contributed by atoms with Crippen LogP contribution in [-0.4, -0.2) is 19.3 Å². The van der Waals surface area contributed by atoms with Gasteiger partial charge in [-0.15, -0.1) is 11.8 Å². The molecule has 20 heavy (non-hydrogen) atoms. The second kappa shape index (κ2) is 6.34. The number of methoxy groups -OCH3 is 1. The quantitative estimate of drug-likeness (QED) is 0.512. The van der Waals surface area contributed by atoms with Crippen LogP contribution in [0.4, 0.5) is 17.1 Å². The van der Waals surface area contributed by atoms with Gasteiger partial charge in [-0.2, -0.15) is 0 Å². The number of nitrogens with two attached hydrogens (primary N) is 1. The van der Waals surface area contributed by atoms with E-state index in [-0.39, 0.29) is 5.97 Å². The van der Waals surface area contributed by atoms with Gasteiger partial charge in [0.2, 0.25) is 0 Å². The van der Waals surface area contributed by atoms with Crippen molar-refractivity contribution in [3.05, 3.63) is 48.0 Å². The van der Waals surface area contributed by atoms with Crippen molar-refractivity contribution in [3.8, 4) is 0 Å². The van der Waals surface area contributed by atoms with E-state index in [4.69, 9.17) is 10.5 Å². The van der Waals surface area contributed by atoms with Crippen molar-refractivity contribution in [2.75, 3.05) is 24.4 Å². The van der Waals surface area contributed by atoms with E-state index >= 15 is 0 Å². The van der Waals surface area contributed by atoms with Crippen LogP contribution in [0, 0.1) is 0 Å². The summed E-state index contributed by atoms with van der Waals surface area (Å²) in [5.41, 5.74) is 8.58. The van der Waals surface area contributed by atoms with Gasteiger partial charge in [-0.05, 0) is 42.7 Å². The monoisotopic (exact) mass is 288 g/mol. The fourth-order valence-corrected chi connectivity index (χ4v) is 2.23. The van der Waals surface area contributed by atoms with Gasteiger partial charge in [0.15, 0.2) is 0 Å². The van der Waals surface area contributed by atoms with Crippen LogP contribution >= 0.6 is 11.8 Å². The Morgan fingerprint density at radius 3 is 2.75 bits per heavy atom. The summed E-state index contributed by atoms with van der Waals surface area (Å²) in [5.74, 6) is -0.383. The number of esters is 1. The van der Waals surface area contributed by atoms with Gasteiger partial charge in [-0.25, -0.2) is 4.79 Å². The highest BCUT2D eigenvalue weighted by Gasteiger charge is 2.08. The van der Waals surface area contributed by atoms with Gasteiger partial charge in [0.1, 0.15) is 0 Å². The number of carbonyl (C=O) groups excluding carboxylic acids is 1. The number of nitrogens with one attached hydrogen (secondary N) is 1. The van der Waals surface area contributed by atoms with Crippen molar-refractivity contribution in [1.82, 2.24) is 0 Å². The number of ether oxygens (including phenoxy) is 1. The molecule has 2 rings (SSSR count). The van der Waals surface area contributed by atoms with Crippen molar-refractivity contribution >= 4 is 34.8 Å². The van der Waals surface area contributed by atoms with E-state index in [0.717, 1.165) is 10.6 Å². The van der Waals surface area contributed by atoms with E-state index < -0.39 is 0 Å². The summed E-state index contributed by atoms with van der Waals surface area (Å²) in [7, 11) is 1.35. The number of thioether (sulfide) groups is 1. The summed E-state index contributed by atoms with van der Waals surface area (Å²) in [5, 5.41) is 3.22. The number of hydrogen-bond donors (Lipinski definition) is 2. The molecular weight excluding hydrogens is 272 g/mol. The average Bonchev–Trinajstić information content (AvgIpc) is 2.49. The van der Waals surface area contributed by atoms with Gasteiger partial charge in [0, 0.05) is 10.6 Å². The summed E-state index contributed by atoms with van der Waals surface area (Å²) in [4.78, 5) is 12.7. The lowest BCUT2D eigenvalue weighted by Crippen LogP contribution is -2.04. The minimum absolute atomic E-state index is 0.383. The largest absolute Gasteiger partial charge is 0.465 e. The standard InChI is InChI=1S/C15H16N2O2S/c1-19-15(18)10-6-7-13(16)14(8-10)17-11-4-3-5-12(9-11)20-2/h3-9,17H,16H2,1-2H3. The molecule has 0 aliphatic rings. The first kappa shape index (κ1) is 14.3. The molecule has 0 spiro atoms. The summed E-state index contributed by atoms with van der Waals surface area (Å²) >= 11 is 1.66. The normalized spacial score (nSPS) is 10.1. The molecule has 4 nitrogen and oxygen atoms in total. The average molecular weight is 288 g/mol. The maximum absolute atomic E-state index is 11.5. The number of benzene rings is 2. The third-order valence-corrected chi connectivity index (χ3v) is 3.55. The van der Waals surface area contributed by atoms with Crippen molar-refractivity contribution in [2.24, 2.45) is 0 Å². The van der Waals surface area contributed by atoms with Gasteiger partial charge >= 0.3 is 5.97 Å². The molecule has 0 saturated carbocycles. The highest BCUT2D eigenvalue weighted by atomic mass is 32.2. The van der Waals surface area contributed by atoms with Crippen molar-refractivity contribution in [2.45, 2.75) is 4.90 Å². The molecule has 2 aromatic rings. The molecule has 0 aliphatic heterocycles. The Morgan fingerprint density at radius 2 is 2.05 bits per heavy atom. The Bertz CT molecular complexity index is 629. The van der Waals surface area contributed by atoms with E-state index in [1.807, 2.05) is 30.5 Å². The fraction of sp³-hybridized carbons (Fsp3) is 0.133. The molecule has 0 aromatic heterocycles. The Labute approximate surface area is 122 Å². The summed E-state index contributed by atoms with van der Waals surface area (Å²) in [6.07, 6.45) is 2.02. The SMILES string of the molecule is COC(=O)c1ccc(N)c(Nc2cccc(SC)c2)c1. The lowest BCUT2D eigenvalue weighted by molar-refractivity contribution is 0.0601. The van der Waals surface area contributed by atoms with Crippen LogP contribution in [-0.2, 0) is 4.74 Å². The molecule has 0 radical (unpaired) electrons. The third-order valence-electron chi connectivity index (χ3n) is 2.82. The lowest BCUT2D eigenvalue weighted by atomic mass is 10.1. The van der Waals surface area contributed by atoms with Gasteiger partial charge < -0.3 is 15.8 Å². The van der Waals surface area contributed by atoms with Gasteiger partial charge in [0.25, 0.3) is 0 Å². The molecule has 2 aromatic carbocycles. The number of nitrogen functional groups attached to an aromatic ring is 1. The molecule has 104 valence electrons. The first-order chi connectivity index (χ1) is 9.63. The predicted octanol–water partition coefficient (Wildman–Crippen LogP) is 3.52. The van der Waals surface area contributed by atoms with Gasteiger partial charge in [-0.3, -0.25) is 0 Å². The molecule has 0 fully saturated rings. The topological polar surface area (TPSA) is 64.3 Å². The summed E-state index contributed by atoms with van der Waals surface area (Å²) in [6, 6.07) is 13.0. The molecule has 0 atom stereocenters. The lowest BCUT2D eigenvalue weighted by Gasteiger charge is -2.11. The van der Waals surface area contributed by atoms with Crippen LogP contribution < -0.4 is 11.1 Å². The van der Waals surface area contributed by atoms with E-state index in [2.05, 4.69) is 5.32 Å². The molecule has 0 saturated heterocycles. The van der Waals surface area contributed by atoms with E-state index in [1.165, 1.54) is 7.11 Å². The van der Waals surface area contributed by atoms with Crippen LogP contribution in [0.25, 0.3) is 0 Å². The zero-order chi connectivity index (χ0) is 14.5. The molecular formula is C15H16N2O2S. The Kier molecular flexibility index (Phi) is 4.53. The molecule has 0 aliphatic carbocycles. The highest BCUT2D eigenvalue weighted by molar-refractivity contribution is 7.98. The zero-order valence-electron chi connectivity index (χ0n) is 11.3. The van der Waals surface area contributed by atoms with Crippen LogP contribution in [0.1, 0.15) is 10.4 Å². The molecule has 0 unspecified atom stereocenters. The van der Waals surface area contributed by atoms with Gasteiger partial charge in [0.05, 0.1) is 24.0 Å². The molecule has 0 heterocycles. The van der Waals surface area contributed by atoms with Gasteiger partial charge in [-0.1, -0.05) is 6.07 Å². The maximum atomic E-state index is 11.5. The summed E-state index contributed by atoms with van der Waals surface area (Å²) < 4.78 is 4.71. The van der Waals surface area contributed by atoms with Crippen molar-refractivity contribution in [3.63, 3.8) is 0 Å². The smallest absolute Gasteiger partial charge is 0.337 e. The number of anilines is 3. The molecule has 5 heteroatoms. The minimum Gasteiger partial charge on any atom is -0.465 e. The molecule has 3 N–H and O–H groups in total. The van der Waals surface area contributed by atoms with Crippen LogP contribution in [0.15, 0.2) is 47.4 Å². The van der Waals surface area contributed by atoms with Crippen molar-refractivity contribution in [1.29, 1.82) is 0 Å². The highest BCUT2D eigenvalue weighted by Crippen LogP contribution is 2.27.